The molecule has 0 spiro atoms. The number of amides is 1. The second kappa shape index (κ2) is 7.12. The molecule has 1 aromatic carbocycles. The van der Waals surface area contributed by atoms with Crippen LogP contribution in [0.15, 0.2) is 58.7 Å². The van der Waals surface area contributed by atoms with E-state index in [9.17, 15) is 4.79 Å². The summed E-state index contributed by atoms with van der Waals surface area (Å²) in [5, 5.41) is 3.01. The maximum Gasteiger partial charge on any atom is 0.251 e. The van der Waals surface area contributed by atoms with Gasteiger partial charge in [-0.3, -0.25) is 4.79 Å². The van der Waals surface area contributed by atoms with E-state index in [4.69, 9.17) is 4.42 Å². The van der Waals surface area contributed by atoms with Crippen LogP contribution in [0.1, 0.15) is 42.5 Å². The number of furan rings is 1. The highest BCUT2D eigenvalue weighted by atomic mass is 16.3. The molecule has 0 saturated heterocycles. The minimum Gasteiger partial charge on any atom is -0.464 e. The molecule has 0 fully saturated rings. The van der Waals surface area contributed by atoms with Gasteiger partial charge in [0.05, 0.1) is 6.26 Å². The first-order valence-corrected chi connectivity index (χ1v) is 7.93. The van der Waals surface area contributed by atoms with Gasteiger partial charge in [-0.2, -0.15) is 0 Å². The molecule has 0 atom stereocenters. The summed E-state index contributed by atoms with van der Waals surface area (Å²) in [6.45, 7) is 0.704. The number of allylic oxidation sites excluding steroid dienone is 1. The van der Waals surface area contributed by atoms with Gasteiger partial charge in [0.1, 0.15) is 5.76 Å². The van der Waals surface area contributed by atoms with Crippen molar-refractivity contribution in [3.63, 3.8) is 0 Å². The van der Waals surface area contributed by atoms with E-state index in [-0.39, 0.29) is 5.91 Å². The number of carbonyl (C=O) groups excluding carboxylic acids is 1. The Labute approximate surface area is 131 Å². The van der Waals surface area contributed by atoms with Crippen molar-refractivity contribution in [1.82, 2.24) is 5.32 Å². The summed E-state index contributed by atoms with van der Waals surface area (Å²) in [4.78, 5) is 12.2. The van der Waals surface area contributed by atoms with Crippen molar-refractivity contribution in [2.75, 3.05) is 6.54 Å². The lowest BCUT2D eigenvalue weighted by Gasteiger charge is -2.13. The van der Waals surface area contributed by atoms with Crippen molar-refractivity contribution in [3.8, 4) is 11.3 Å². The summed E-state index contributed by atoms with van der Waals surface area (Å²) >= 11 is 0. The lowest BCUT2D eigenvalue weighted by molar-refractivity contribution is 0.0954. The number of nitrogens with one attached hydrogen (secondary N) is 1. The monoisotopic (exact) mass is 295 g/mol. The zero-order chi connectivity index (χ0) is 15.2. The largest absolute Gasteiger partial charge is 0.464 e. The molecule has 2 aromatic rings. The van der Waals surface area contributed by atoms with Crippen LogP contribution >= 0.6 is 0 Å². The van der Waals surface area contributed by atoms with Crippen molar-refractivity contribution in [2.24, 2.45) is 0 Å². The normalized spacial score (nSPS) is 14.5. The summed E-state index contributed by atoms with van der Waals surface area (Å²) in [6, 6.07) is 11.3. The zero-order valence-corrected chi connectivity index (χ0v) is 12.7. The highest BCUT2D eigenvalue weighted by Gasteiger charge is 2.09. The standard InChI is InChI=1S/C19H21NO2/c21-19(20-12-11-15-6-2-1-3-7-15)17-9-4-8-16(14-17)18-10-5-13-22-18/h4-6,8-10,13-14H,1-3,7,11-12H2,(H,20,21). The van der Waals surface area contributed by atoms with Gasteiger partial charge in [0.25, 0.3) is 5.91 Å². The third-order valence-electron chi connectivity index (χ3n) is 4.05. The minimum absolute atomic E-state index is 0.0233. The van der Waals surface area contributed by atoms with E-state index >= 15 is 0 Å². The predicted molar refractivity (Wildman–Crippen MR) is 87.6 cm³/mol. The van der Waals surface area contributed by atoms with Gasteiger partial charge < -0.3 is 9.73 Å². The quantitative estimate of drug-likeness (QED) is 0.821. The Hall–Kier alpha value is -2.29. The van der Waals surface area contributed by atoms with E-state index < -0.39 is 0 Å². The van der Waals surface area contributed by atoms with Crippen LogP contribution in [0.4, 0.5) is 0 Å². The van der Waals surface area contributed by atoms with Crippen LogP contribution < -0.4 is 5.32 Å². The van der Waals surface area contributed by atoms with Crippen LogP contribution in [0.5, 0.6) is 0 Å². The van der Waals surface area contributed by atoms with Crippen LogP contribution in [0, 0.1) is 0 Å². The van der Waals surface area contributed by atoms with Crippen molar-refractivity contribution in [2.45, 2.75) is 32.1 Å². The Bertz CT molecular complexity index is 656. The first-order valence-electron chi connectivity index (χ1n) is 7.93. The third-order valence-corrected chi connectivity index (χ3v) is 4.05. The molecule has 0 bridgehead atoms. The van der Waals surface area contributed by atoms with Crippen LogP contribution in [-0.2, 0) is 0 Å². The van der Waals surface area contributed by atoms with Gasteiger partial charge in [-0.25, -0.2) is 0 Å². The number of benzene rings is 1. The van der Waals surface area contributed by atoms with Gasteiger partial charge in [0.2, 0.25) is 0 Å². The summed E-state index contributed by atoms with van der Waals surface area (Å²) < 4.78 is 5.38. The first-order chi connectivity index (χ1) is 10.8. The highest BCUT2D eigenvalue weighted by molar-refractivity contribution is 5.95. The van der Waals surface area contributed by atoms with Gasteiger partial charge in [0, 0.05) is 17.7 Å². The Kier molecular flexibility index (Phi) is 4.74. The van der Waals surface area contributed by atoms with E-state index in [1.165, 1.54) is 31.3 Å². The highest BCUT2D eigenvalue weighted by Crippen LogP contribution is 2.21. The van der Waals surface area contributed by atoms with Crippen LogP contribution in [-0.4, -0.2) is 12.5 Å². The molecule has 0 unspecified atom stereocenters. The van der Waals surface area contributed by atoms with Gasteiger partial charge in [-0.15, -0.1) is 0 Å². The average molecular weight is 295 g/mol. The molecule has 22 heavy (non-hydrogen) atoms. The smallest absolute Gasteiger partial charge is 0.251 e. The van der Waals surface area contributed by atoms with Crippen LogP contribution in [0.2, 0.25) is 0 Å². The van der Waals surface area contributed by atoms with Gasteiger partial charge >= 0.3 is 0 Å². The Morgan fingerprint density at radius 2 is 2.14 bits per heavy atom. The average Bonchev–Trinajstić information content (AvgIpc) is 3.10. The minimum atomic E-state index is -0.0233. The molecule has 3 heteroatoms. The summed E-state index contributed by atoms with van der Waals surface area (Å²) in [6.07, 6.45) is 9.88. The molecule has 0 aliphatic heterocycles. The molecular weight excluding hydrogens is 274 g/mol. The van der Waals surface area contributed by atoms with E-state index in [2.05, 4.69) is 11.4 Å². The van der Waals surface area contributed by atoms with Crippen molar-refractivity contribution >= 4 is 5.91 Å². The second-order valence-corrected chi connectivity index (χ2v) is 5.67. The molecule has 1 aliphatic rings. The van der Waals surface area contributed by atoms with Crippen molar-refractivity contribution in [1.29, 1.82) is 0 Å². The third kappa shape index (κ3) is 3.67. The molecule has 1 heterocycles. The molecule has 114 valence electrons. The number of hydrogen-bond donors (Lipinski definition) is 1. The molecule has 1 aromatic heterocycles. The fraction of sp³-hybridized carbons (Fsp3) is 0.316. The number of carbonyl (C=O) groups is 1. The molecule has 1 aliphatic carbocycles. The lowest BCUT2D eigenvalue weighted by atomic mass is 9.97. The molecule has 1 amide bonds. The van der Waals surface area contributed by atoms with E-state index in [0.717, 1.165) is 17.7 Å². The molecule has 3 nitrogen and oxygen atoms in total. The maximum absolute atomic E-state index is 12.2. The van der Waals surface area contributed by atoms with E-state index in [0.29, 0.717) is 12.1 Å². The van der Waals surface area contributed by atoms with Gasteiger partial charge in [0.15, 0.2) is 0 Å². The fourth-order valence-electron chi connectivity index (χ4n) is 2.83. The SMILES string of the molecule is O=C(NCCC1=CCCCC1)c1cccc(-c2ccco2)c1. The second-order valence-electron chi connectivity index (χ2n) is 5.67. The fourth-order valence-corrected chi connectivity index (χ4v) is 2.83. The van der Waals surface area contributed by atoms with Crippen LogP contribution in [0.25, 0.3) is 11.3 Å². The Balaban J connectivity index is 1.58. The van der Waals surface area contributed by atoms with Gasteiger partial charge in [-0.05, 0) is 56.4 Å². The Morgan fingerprint density at radius 1 is 1.18 bits per heavy atom. The lowest BCUT2D eigenvalue weighted by Crippen LogP contribution is -2.24. The molecule has 0 radical (unpaired) electrons. The maximum atomic E-state index is 12.2. The number of hydrogen-bond acceptors (Lipinski definition) is 2. The van der Waals surface area contributed by atoms with Crippen molar-refractivity contribution in [3.05, 3.63) is 59.9 Å². The first kappa shape index (κ1) is 14.6. The Morgan fingerprint density at radius 3 is 2.91 bits per heavy atom. The molecular formula is C19H21NO2. The number of rotatable bonds is 5. The van der Waals surface area contributed by atoms with Gasteiger partial charge in [-0.1, -0.05) is 23.8 Å². The summed E-state index contributed by atoms with van der Waals surface area (Å²) in [7, 11) is 0. The van der Waals surface area contributed by atoms with Crippen molar-refractivity contribution < 1.29 is 9.21 Å². The topological polar surface area (TPSA) is 42.2 Å². The predicted octanol–water partition coefficient (Wildman–Crippen LogP) is 4.57. The molecule has 0 saturated carbocycles. The van der Waals surface area contributed by atoms with E-state index in [1.807, 2.05) is 36.4 Å². The zero-order valence-electron chi connectivity index (χ0n) is 12.7. The summed E-state index contributed by atoms with van der Waals surface area (Å²) in [5.74, 6) is 0.756. The summed E-state index contributed by atoms with van der Waals surface area (Å²) in [5.41, 5.74) is 3.08. The molecule has 3 rings (SSSR count). The van der Waals surface area contributed by atoms with E-state index in [1.54, 1.807) is 6.26 Å². The molecule has 1 N–H and O–H groups in total. The van der Waals surface area contributed by atoms with Crippen LogP contribution in [0.3, 0.4) is 0 Å².